The molecular formula is C19H30N2O2. The third-order valence-corrected chi connectivity index (χ3v) is 4.65. The Morgan fingerprint density at radius 1 is 1.30 bits per heavy atom. The smallest absolute Gasteiger partial charge is 0.224 e. The highest BCUT2D eigenvalue weighted by molar-refractivity contribution is 5.78. The third-order valence-electron chi connectivity index (χ3n) is 4.65. The van der Waals surface area contributed by atoms with Gasteiger partial charge in [0, 0.05) is 19.6 Å². The lowest BCUT2D eigenvalue weighted by Crippen LogP contribution is -2.44. The van der Waals surface area contributed by atoms with Crippen molar-refractivity contribution >= 4 is 5.91 Å². The fourth-order valence-corrected chi connectivity index (χ4v) is 3.21. The number of aliphatic hydroxyl groups is 1. The summed E-state index contributed by atoms with van der Waals surface area (Å²) in [5.74, 6) is 0.702. The minimum Gasteiger partial charge on any atom is -0.387 e. The zero-order valence-corrected chi connectivity index (χ0v) is 14.6. The fourth-order valence-electron chi connectivity index (χ4n) is 3.21. The molecule has 0 spiro atoms. The lowest BCUT2D eigenvalue weighted by atomic mass is 9.96. The van der Waals surface area contributed by atoms with Crippen molar-refractivity contribution in [2.24, 2.45) is 5.92 Å². The van der Waals surface area contributed by atoms with E-state index >= 15 is 0 Å². The van der Waals surface area contributed by atoms with Crippen LogP contribution in [0.15, 0.2) is 24.3 Å². The van der Waals surface area contributed by atoms with Gasteiger partial charge in [0.2, 0.25) is 5.91 Å². The molecule has 23 heavy (non-hydrogen) atoms. The number of likely N-dealkylation sites (tertiary alicyclic amines) is 1. The SMILES string of the molecule is CCNC(=O)C1CCCN(CC(O)c2ccc(C(C)C)cc2)C1. The van der Waals surface area contributed by atoms with E-state index in [9.17, 15) is 9.90 Å². The first-order chi connectivity index (χ1) is 11.0. The number of carbonyl (C=O) groups is 1. The van der Waals surface area contributed by atoms with Crippen LogP contribution in [0.2, 0.25) is 0 Å². The number of nitrogens with one attached hydrogen (secondary N) is 1. The Kier molecular flexibility index (Phi) is 6.60. The molecule has 1 saturated heterocycles. The van der Waals surface area contributed by atoms with Gasteiger partial charge in [0.25, 0.3) is 0 Å². The monoisotopic (exact) mass is 318 g/mol. The van der Waals surface area contributed by atoms with Crippen molar-refractivity contribution in [1.82, 2.24) is 10.2 Å². The second-order valence-corrected chi connectivity index (χ2v) is 6.83. The molecule has 1 heterocycles. The first kappa shape index (κ1) is 18.0. The van der Waals surface area contributed by atoms with E-state index in [1.54, 1.807) is 0 Å². The summed E-state index contributed by atoms with van der Waals surface area (Å²) in [6.45, 7) is 9.26. The van der Waals surface area contributed by atoms with Gasteiger partial charge in [-0.2, -0.15) is 0 Å². The lowest BCUT2D eigenvalue weighted by Gasteiger charge is -2.33. The van der Waals surface area contributed by atoms with Gasteiger partial charge >= 0.3 is 0 Å². The quantitative estimate of drug-likeness (QED) is 0.848. The first-order valence-corrected chi connectivity index (χ1v) is 8.79. The highest BCUT2D eigenvalue weighted by Crippen LogP contribution is 2.22. The Morgan fingerprint density at radius 2 is 1.96 bits per heavy atom. The molecule has 0 aromatic heterocycles. The van der Waals surface area contributed by atoms with Crippen LogP contribution in [0, 0.1) is 5.92 Å². The molecule has 1 aromatic rings. The minimum atomic E-state index is -0.496. The van der Waals surface area contributed by atoms with Gasteiger partial charge in [-0.25, -0.2) is 0 Å². The molecular weight excluding hydrogens is 288 g/mol. The second kappa shape index (κ2) is 8.46. The number of hydrogen-bond acceptors (Lipinski definition) is 3. The van der Waals surface area contributed by atoms with Crippen molar-refractivity contribution in [2.75, 3.05) is 26.2 Å². The van der Waals surface area contributed by atoms with Gasteiger partial charge in [-0.3, -0.25) is 9.69 Å². The van der Waals surface area contributed by atoms with Crippen molar-refractivity contribution in [3.8, 4) is 0 Å². The van der Waals surface area contributed by atoms with Gasteiger partial charge in [0.15, 0.2) is 0 Å². The fraction of sp³-hybridized carbons (Fsp3) is 0.632. The highest BCUT2D eigenvalue weighted by atomic mass is 16.3. The van der Waals surface area contributed by atoms with Crippen LogP contribution in [0.5, 0.6) is 0 Å². The van der Waals surface area contributed by atoms with Crippen LogP contribution in [-0.2, 0) is 4.79 Å². The number of aliphatic hydroxyl groups excluding tert-OH is 1. The predicted octanol–water partition coefficient (Wildman–Crippen LogP) is 2.69. The van der Waals surface area contributed by atoms with Crippen molar-refractivity contribution in [1.29, 1.82) is 0 Å². The van der Waals surface area contributed by atoms with Gasteiger partial charge in [-0.1, -0.05) is 38.1 Å². The number of hydrogen-bond donors (Lipinski definition) is 2. The molecule has 1 fully saturated rings. The van der Waals surface area contributed by atoms with Crippen LogP contribution in [0.4, 0.5) is 0 Å². The van der Waals surface area contributed by atoms with E-state index in [-0.39, 0.29) is 11.8 Å². The van der Waals surface area contributed by atoms with Crippen LogP contribution in [-0.4, -0.2) is 42.1 Å². The molecule has 0 saturated carbocycles. The van der Waals surface area contributed by atoms with Crippen molar-refractivity contribution in [3.63, 3.8) is 0 Å². The molecule has 0 radical (unpaired) electrons. The zero-order valence-electron chi connectivity index (χ0n) is 14.6. The Morgan fingerprint density at radius 3 is 2.57 bits per heavy atom. The number of benzene rings is 1. The molecule has 2 rings (SSSR count). The second-order valence-electron chi connectivity index (χ2n) is 6.83. The minimum absolute atomic E-state index is 0.0548. The summed E-state index contributed by atoms with van der Waals surface area (Å²) in [6, 6.07) is 8.23. The molecule has 2 N–H and O–H groups in total. The molecule has 1 aliphatic rings. The van der Waals surface area contributed by atoms with E-state index in [1.807, 2.05) is 19.1 Å². The number of nitrogens with zero attached hydrogens (tertiary/aromatic N) is 1. The average Bonchev–Trinajstić information content (AvgIpc) is 2.55. The molecule has 1 aromatic carbocycles. The van der Waals surface area contributed by atoms with Crippen LogP contribution in [0.3, 0.4) is 0 Å². The summed E-state index contributed by atoms with van der Waals surface area (Å²) in [5, 5.41) is 13.4. The molecule has 2 atom stereocenters. The van der Waals surface area contributed by atoms with E-state index in [0.29, 0.717) is 19.0 Å². The summed E-state index contributed by atoms with van der Waals surface area (Å²) in [5.41, 5.74) is 2.24. The maximum Gasteiger partial charge on any atom is 0.224 e. The Balaban J connectivity index is 1.91. The number of piperidine rings is 1. The number of β-amino-alcohol motifs (C(OH)–C–C–N with tert-alkyl or cyclic N) is 1. The molecule has 2 unspecified atom stereocenters. The summed E-state index contributed by atoms with van der Waals surface area (Å²) in [7, 11) is 0. The predicted molar refractivity (Wildman–Crippen MR) is 93.3 cm³/mol. The van der Waals surface area contributed by atoms with Gasteiger partial charge in [0.1, 0.15) is 0 Å². The van der Waals surface area contributed by atoms with Crippen LogP contribution >= 0.6 is 0 Å². The summed E-state index contributed by atoms with van der Waals surface area (Å²) in [6.07, 6.45) is 1.46. The van der Waals surface area contributed by atoms with Gasteiger partial charge < -0.3 is 10.4 Å². The number of amides is 1. The van der Waals surface area contributed by atoms with Crippen molar-refractivity contribution in [2.45, 2.75) is 45.6 Å². The number of carbonyl (C=O) groups excluding carboxylic acids is 1. The normalized spacial score (nSPS) is 20.5. The van der Waals surface area contributed by atoms with E-state index < -0.39 is 6.10 Å². The van der Waals surface area contributed by atoms with Crippen LogP contribution < -0.4 is 5.32 Å². The maximum absolute atomic E-state index is 12.0. The van der Waals surface area contributed by atoms with Crippen molar-refractivity contribution < 1.29 is 9.90 Å². The van der Waals surface area contributed by atoms with E-state index in [1.165, 1.54) is 5.56 Å². The summed E-state index contributed by atoms with van der Waals surface area (Å²) >= 11 is 0. The van der Waals surface area contributed by atoms with Gasteiger partial charge in [-0.15, -0.1) is 0 Å². The largest absolute Gasteiger partial charge is 0.387 e. The summed E-state index contributed by atoms with van der Waals surface area (Å²) < 4.78 is 0. The van der Waals surface area contributed by atoms with E-state index in [0.717, 1.165) is 31.5 Å². The topological polar surface area (TPSA) is 52.6 Å². The summed E-state index contributed by atoms with van der Waals surface area (Å²) in [4.78, 5) is 14.2. The molecule has 128 valence electrons. The Hall–Kier alpha value is -1.39. The first-order valence-electron chi connectivity index (χ1n) is 8.79. The molecule has 4 nitrogen and oxygen atoms in total. The van der Waals surface area contributed by atoms with Crippen LogP contribution in [0.25, 0.3) is 0 Å². The molecule has 0 aliphatic carbocycles. The molecule has 4 heteroatoms. The highest BCUT2D eigenvalue weighted by Gasteiger charge is 2.26. The van der Waals surface area contributed by atoms with Gasteiger partial charge in [-0.05, 0) is 43.4 Å². The molecule has 0 bridgehead atoms. The lowest BCUT2D eigenvalue weighted by molar-refractivity contribution is -0.126. The Labute approximate surface area is 139 Å². The average molecular weight is 318 g/mol. The van der Waals surface area contributed by atoms with E-state index in [2.05, 4.69) is 36.2 Å². The molecule has 1 amide bonds. The van der Waals surface area contributed by atoms with Crippen LogP contribution in [0.1, 0.15) is 56.8 Å². The zero-order chi connectivity index (χ0) is 16.8. The molecule has 1 aliphatic heterocycles. The third kappa shape index (κ3) is 5.05. The number of rotatable bonds is 6. The van der Waals surface area contributed by atoms with E-state index in [4.69, 9.17) is 0 Å². The Bertz CT molecular complexity index is 499. The van der Waals surface area contributed by atoms with Crippen molar-refractivity contribution in [3.05, 3.63) is 35.4 Å². The standard InChI is InChI=1S/C19H30N2O2/c1-4-20-19(23)17-6-5-11-21(12-17)13-18(22)16-9-7-15(8-10-16)14(2)3/h7-10,14,17-18,22H,4-6,11-13H2,1-3H3,(H,20,23). The van der Waals surface area contributed by atoms with Gasteiger partial charge in [0.05, 0.1) is 12.0 Å². The maximum atomic E-state index is 12.0.